The van der Waals surface area contributed by atoms with E-state index in [4.69, 9.17) is 0 Å². The maximum absolute atomic E-state index is 13.0. The van der Waals surface area contributed by atoms with Gasteiger partial charge in [0.25, 0.3) is 5.91 Å². The number of amides is 1. The topological polar surface area (TPSA) is 66.9 Å². The van der Waals surface area contributed by atoms with Crippen molar-refractivity contribution >= 4 is 28.2 Å². The molecular weight excluding hydrogens is 367 g/mol. The fraction of sp³-hybridized carbons (Fsp3) is 0.0870. The van der Waals surface area contributed by atoms with Gasteiger partial charge >= 0.3 is 0 Å². The second kappa shape index (κ2) is 8.48. The van der Waals surface area contributed by atoms with Crippen LogP contribution >= 0.6 is 0 Å². The summed E-state index contributed by atoms with van der Waals surface area (Å²) < 4.78 is 13.0. The number of anilines is 2. The Morgan fingerprint density at radius 2 is 1.83 bits per heavy atom. The minimum atomic E-state index is -0.269. The highest BCUT2D eigenvalue weighted by molar-refractivity contribution is 5.96. The van der Waals surface area contributed by atoms with Gasteiger partial charge in [-0.1, -0.05) is 30.3 Å². The van der Waals surface area contributed by atoms with E-state index in [1.54, 1.807) is 30.6 Å². The Morgan fingerprint density at radius 3 is 2.69 bits per heavy atom. The first kappa shape index (κ1) is 18.6. The van der Waals surface area contributed by atoms with Crippen molar-refractivity contribution in [3.05, 3.63) is 96.2 Å². The minimum Gasteiger partial charge on any atom is -0.352 e. The number of para-hydroxylation sites is 1. The van der Waals surface area contributed by atoms with E-state index in [1.807, 2.05) is 30.3 Å². The third-order valence-electron chi connectivity index (χ3n) is 4.52. The van der Waals surface area contributed by atoms with Gasteiger partial charge in [0, 0.05) is 24.3 Å². The van der Waals surface area contributed by atoms with E-state index in [1.165, 1.54) is 18.3 Å². The highest BCUT2D eigenvalue weighted by Crippen LogP contribution is 2.24. The van der Waals surface area contributed by atoms with Crippen molar-refractivity contribution in [2.75, 3.05) is 11.9 Å². The molecule has 0 saturated heterocycles. The number of carbonyl (C=O) groups excluding carboxylic acids is 1. The number of hydrogen-bond donors (Lipinski definition) is 2. The SMILES string of the molecule is O=C(NCCc1ccc(F)cc1)c1cncc(Nc2cccc3cccnc23)c1. The Morgan fingerprint density at radius 1 is 1.00 bits per heavy atom. The molecule has 2 aromatic carbocycles. The molecule has 5 nitrogen and oxygen atoms in total. The molecule has 0 aliphatic carbocycles. The third-order valence-corrected chi connectivity index (χ3v) is 4.52. The monoisotopic (exact) mass is 386 g/mol. The largest absolute Gasteiger partial charge is 0.352 e. The van der Waals surface area contributed by atoms with Gasteiger partial charge in [0.05, 0.1) is 28.7 Å². The molecule has 144 valence electrons. The molecule has 4 rings (SSSR count). The lowest BCUT2D eigenvalue weighted by Gasteiger charge is -2.10. The summed E-state index contributed by atoms with van der Waals surface area (Å²) in [5, 5.41) is 7.19. The van der Waals surface area contributed by atoms with Crippen LogP contribution in [0.25, 0.3) is 10.9 Å². The number of fused-ring (bicyclic) bond motifs is 1. The molecule has 0 aliphatic heterocycles. The summed E-state index contributed by atoms with van der Waals surface area (Å²) in [5.41, 5.74) is 3.82. The zero-order valence-corrected chi connectivity index (χ0v) is 15.6. The fourth-order valence-electron chi connectivity index (χ4n) is 3.07. The number of hydrogen-bond acceptors (Lipinski definition) is 4. The lowest BCUT2D eigenvalue weighted by molar-refractivity contribution is 0.0954. The van der Waals surface area contributed by atoms with Gasteiger partial charge in [-0.25, -0.2) is 4.39 Å². The maximum atomic E-state index is 13.0. The molecule has 0 atom stereocenters. The molecule has 6 heteroatoms. The van der Waals surface area contributed by atoms with Gasteiger partial charge in [-0.2, -0.15) is 0 Å². The molecule has 2 N–H and O–H groups in total. The van der Waals surface area contributed by atoms with Crippen LogP contribution in [0.3, 0.4) is 0 Å². The number of nitrogens with zero attached hydrogens (tertiary/aromatic N) is 2. The Labute approximate surface area is 167 Å². The van der Waals surface area contributed by atoms with Crippen LogP contribution in [-0.2, 0) is 6.42 Å². The van der Waals surface area contributed by atoms with E-state index in [-0.39, 0.29) is 11.7 Å². The van der Waals surface area contributed by atoms with E-state index in [2.05, 4.69) is 20.6 Å². The fourth-order valence-corrected chi connectivity index (χ4v) is 3.07. The molecule has 2 aromatic heterocycles. The van der Waals surface area contributed by atoms with Gasteiger partial charge in [-0.15, -0.1) is 0 Å². The molecule has 0 radical (unpaired) electrons. The summed E-state index contributed by atoms with van der Waals surface area (Å²) >= 11 is 0. The Bertz CT molecular complexity index is 1140. The third kappa shape index (κ3) is 4.55. The maximum Gasteiger partial charge on any atom is 0.252 e. The number of nitrogens with one attached hydrogen (secondary N) is 2. The highest BCUT2D eigenvalue weighted by Gasteiger charge is 2.08. The van der Waals surface area contributed by atoms with E-state index in [0.717, 1.165) is 22.2 Å². The van der Waals surface area contributed by atoms with E-state index in [9.17, 15) is 9.18 Å². The molecule has 0 unspecified atom stereocenters. The van der Waals surface area contributed by atoms with E-state index < -0.39 is 0 Å². The first-order chi connectivity index (χ1) is 14.2. The van der Waals surface area contributed by atoms with Gasteiger partial charge in [0.1, 0.15) is 5.82 Å². The smallest absolute Gasteiger partial charge is 0.252 e. The van der Waals surface area contributed by atoms with Gasteiger partial charge < -0.3 is 10.6 Å². The molecule has 1 amide bonds. The number of rotatable bonds is 6. The molecular formula is C23H19FN4O. The first-order valence-corrected chi connectivity index (χ1v) is 9.27. The lowest BCUT2D eigenvalue weighted by Crippen LogP contribution is -2.25. The second-order valence-corrected chi connectivity index (χ2v) is 6.60. The molecule has 0 fully saturated rings. The number of benzene rings is 2. The Hall–Kier alpha value is -3.80. The Kier molecular flexibility index (Phi) is 5.42. The summed E-state index contributed by atoms with van der Waals surface area (Å²) in [6.07, 6.45) is 5.56. The zero-order valence-electron chi connectivity index (χ0n) is 15.6. The summed E-state index contributed by atoms with van der Waals surface area (Å²) in [7, 11) is 0. The van der Waals surface area contributed by atoms with Gasteiger partial charge in [-0.3, -0.25) is 14.8 Å². The normalized spacial score (nSPS) is 10.7. The van der Waals surface area contributed by atoms with Crippen LogP contribution in [0.5, 0.6) is 0 Å². The van der Waals surface area contributed by atoms with Gasteiger partial charge in [-0.05, 0) is 42.3 Å². The van der Waals surface area contributed by atoms with Crippen LogP contribution in [0.15, 0.2) is 79.3 Å². The van der Waals surface area contributed by atoms with Crippen LogP contribution in [0.2, 0.25) is 0 Å². The number of halogens is 1. The Balaban J connectivity index is 1.42. The van der Waals surface area contributed by atoms with Crippen LogP contribution in [-0.4, -0.2) is 22.4 Å². The minimum absolute atomic E-state index is 0.209. The molecule has 2 heterocycles. The predicted molar refractivity (Wildman–Crippen MR) is 112 cm³/mol. The van der Waals surface area contributed by atoms with Crippen molar-refractivity contribution in [1.29, 1.82) is 0 Å². The van der Waals surface area contributed by atoms with Crippen LogP contribution in [0.4, 0.5) is 15.8 Å². The first-order valence-electron chi connectivity index (χ1n) is 9.27. The molecule has 4 aromatic rings. The number of carbonyl (C=O) groups is 1. The van der Waals surface area contributed by atoms with Crippen LogP contribution in [0, 0.1) is 5.82 Å². The van der Waals surface area contributed by atoms with Gasteiger partial charge in [0.2, 0.25) is 0 Å². The van der Waals surface area contributed by atoms with Crippen molar-refractivity contribution < 1.29 is 9.18 Å². The van der Waals surface area contributed by atoms with Crippen molar-refractivity contribution in [3.8, 4) is 0 Å². The van der Waals surface area contributed by atoms with Crippen molar-refractivity contribution in [2.24, 2.45) is 0 Å². The average Bonchev–Trinajstić information content (AvgIpc) is 2.75. The second-order valence-electron chi connectivity index (χ2n) is 6.60. The van der Waals surface area contributed by atoms with Crippen molar-refractivity contribution in [2.45, 2.75) is 6.42 Å². The molecule has 0 saturated carbocycles. The summed E-state index contributed by atoms with van der Waals surface area (Å²) in [4.78, 5) is 21.1. The molecule has 29 heavy (non-hydrogen) atoms. The number of pyridine rings is 2. The van der Waals surface area contributed by atoms with E-state index >= 15 is 0 Å². The molecule has 0 bridgehead atoms. The molecule has 0 spiro atoms. The van der Waals surface area contributed by atoms with Crippen LogP contribution in [0.1, 0.15) is 15.9 Å². The van der Waals surface area contributed by atoms with E-state index in [0.29, 0.717) is 24.2 Å². The van der Waals surface area contributed by atoms with Crippen molar-refractivity contribution in [1.82, 2.24) is 15.3 Å². The lowest BCUT2D eigenvalue weighted by atomic mass is 10.1. The summed E-state index contributed by atoms with van der Waals surface area (Å²) in [6.45, 7) is 0.454. The van der Waals surface area contributed by atoms with Crippen molar-refractivity contribution in [3.63, 3.8) is 0 Å². The van der Waals surface area contributed by atoms with Gasteiger partial charge in [0.15, 0.2) is 0 Å². The average molecular weight is 386 g/mol. The quantitative estimate of drug-likeness (QED) is 0.513. The predicted octanol–water partition coefficient (Wildman–Crippen LogP) is 4.49. The summed E-state index contributed by atoms with van der Waals surface area (Å²) in [5.74, 6) is -0.478. The van der Waals surface area contributed by atoms with Crippen LogP contribution < -0.4 is 10.6 Å². The summed E-state index contributed by atoms with van der Waals surface area (Å²) in [6, 6.07) is 17.8. The highest BCUT2D eigenvalue weighted by atomic mass is 19.1. The standard InChI is InChI=1S/C23H19FN4O/c24-19-8-6-16(7-9-19)10-12-27-23(29)18-13-20(15-25-14-18)28-21-5-1-3-17-4-2-11-26-22(17)21/h1-9,11,13-15,28H,10,12H2,(H,27,29). The number of aromatic nitrogens is 2. The zero-order chi connectivity index (χ0) is 20.1. The molecule has 0 aliphatic rings.